The average Bonchev–Trinajstić information content (AvgIpc) is 2.66. The molecule has 0 bridgehead atoms. The Morgan fingerprint density at radius 2 is 2.11 bits per heavy atom. The van der Waals surface area contributed by atoms with E-state index in [1.165, 1.54) is 0 Å². The van der Waals surface area contributed by atoms with Crippen molar-refractivity contribution in [2.24, 2.45) is 5.92 Å². The van der Waals surface area contributed by atoms with Gasteiger partial charge in [-0.25, -0.2) is 0 Å². The summed E-state index contributed by atoms with van der Waals surface area (Å²) in [5, 5.41) is 1.72. The van der Waals surface area contributed by atoms with E-state index in [2.05, 4.69) is 4.98 Å². The maximum absolute atomic E-state index is 10.7. The van der Waals surface area contributed by atoms with Gasteiger partial charge in [0.05, 0.1) is 0 Å². The van der Waals surface area contributed by atoms with Crippen LogP contribution in [0.5, 0.6) is 0 Å². The fourth-order valence-corrected chi connectivity index (χ4v) is 2.54. The lowest BCUT2D eigenvalue weighted by Crippen LogP contribution is -2.11. The molecule has 1 aromatic heterocycles. The van der Waals surface area contributed by atoms with Crippen molar-refractivity contribution in [3.63, 3.8) is 0 Å². The normalized spacial score (nSPS) is 12.9. The largest absolute Gasteiger partial charge is 0.459 e. The van der Waals surface area contributed by atoms with Crippen molar-refractivity contribution in [2.45, 2.75) is 26.9 Å². The molecule has 1 N–H and O–H groups in total. The minimum atomic E-state index is -0.279. The molecule has 0 fully saturated rings. The van der Waals surface area contributed by atoms with Gasteiger partial charge in [-0.05, 0) is 30.5 Å². The van der Waals surface area contributed by atoms with Crippen LogP contribution in [0.3, 0.4) is 0 Å². The minimum Gasteiger partial charge on any atom is -0.459 e. The lowest BCUT2D eigenvalue weighted by molar-refractivity contribution is -0.135. The quantitative estimate of drug-likeness (QED) is 0.849. The highest BCUT2D eigenvalue weighted by Crippen LogP contribution is 2.35. The molecule has 2 aromatic rings. The first-order valence-electron chi connectivity index (χ1n) is 5.90. The molecule has 0 saturated carbocycles. The minimum absolute atomic E-state index is 0.186. The molecule has 96 valence electrons. The Morgan fingerprint density at radius 1 is 1.39 bits per heavy atom. The van der Waals surface area contributed by atoms with E-state index in [1.54, 1.807) is 0 Å². The molecule has 1 heterocycles. The van der Waals surface area contributed by atoms with E-state index in [4.69, 9.17) is 16.3 Å². The van der Waals surface area contributed by atoms with Crippen LogP contribution in [0.2, 0.25) is 5.02 Å². The molecule has 0 spiro atoms. The summed E-state index contributed by atoms with van der Waals surface area (Å²) in [6.45, 7) is 6.56. The molecule has 0 saturated heterocycles. The van der Waals surface area contributed by atoms with Gasteiger partial charge < -0.3 is 9.72 Å². The van der Waals surface area contributed by atoms with Crippen molar-refractivity contribution in [2.75, 3.05) is 0 Å². The van der Waals surface area contributed by atoms with Gasteiger partial charge in [-0.1, -0.05) is 25.4 Å². The van der Waals surface area contributed by atoms with E-state index in [0.29, 0.717) is 11.5 Å². The predicted molar refractivity (Wildman–Crippen MR) is 72.8 cm³/mol. The standard InChI is InChI=1S/C14H16ClNO2/c1-8(2)14(18-7-17)11-4-10(15)5-12-13(11)9(3)6-16-12/h4-8,14,16H,1-3H3. The maximum Gasteiger partial charge on any atom is 0.293 e. The highest BCUT2D eigenvalue weighted by molar-refractivity contribution is 6.31. The van der Waals surface area contributed by atoms with E-state index in [0.717, 1.165) is 22.0 Å². The molecule has 1 unspecified atom stereocenters. The summed E-state index contributed by atoms with van der Waals surface area (Å²) in [6, 6.07) is 3.75. The van der Waals surface area contributed by atoms with Crippen molar-refractivity contribution in [1.82, 2.24) is 4.98 Å². The SMILES string of the molecule is Cc1c[nH]c2cc(Cl)cc(C(OC=O)C(C)C)c12. The zero-order valence-corrected chi connectivity index (χ0v) is 11.4. The second-order valence-electron chi connectivity index (χ2n) is 4.79. The number of carbonyl (C=O) groups excluding carboxylic acids is 1. The van der Waals surface area contributed by atoms with Gasteiger partial charge in [0.2, 0.25) is 0 Å². The summed E-state index contributed by atoms with van der Waals surface area (Å²) in [4.78, 5) is 13.9. The van der Waals surface area contributed by atoms with Gasteiger partial charge in [0.15, 0.2) is 0 Å². The Morgan fingerprint density at radius 3 is 2.72 bits per heavy atom. The molecule has 0 amide bonds. The van der Waals surface area contributed by atoms with Crippen molar-refractivity contribution in [3.05, 3.63) is 34.5 Å². The molecule has 1 aromatic carbocycles. The fourth-order valence-electron chi connectivity index (χ4n) is 2.31. The van der Waals surface area contributed by atoms with Gasteiger partial charge in [0, 0.05) is 27.7 Å². The van der Waals surface area contributed by atoms with Crippen LogP contribution in [0.15, 0.2) is 18.3 Å². The zero-order chi connectivity index (χ0) is 13.3. The fraction of sp³-hybridized carbons (Fsp3) is 0.357. The Balaban J connectivity index is 2.66. The average molecular weight is 266 g/mol. The second-order valence-corrected chi connectivity index (χ2v) is 5.22. The molecule has 0 aliphatic heterocycles. The Bertz CT molecular complexity index is 574. The summed E-state index contributed by atoms with van der Waals surface area (Å²) in [6.07, 6.45) is 1.65. The first-order valence-corrected chi connectivity index (χ1v) is 6.28. The highest BCUT2D eigenvalue weighted by Gasteiger charge is 2.21. The van der Waals surface area contributed by atoms with Gasteiger partial charge >= 0.3 is 0 Å². The molecule has 0 radical (unpaired) electrons. The smallest absolute Gasteiger partial charge is 0.293 e. The number of aryl methyl sites for hydroxylation is 1. The Kier molecular flexibility index (Phi) is 3.62. The number of H-pyrrole nitrogens is 1. The second kappa shape index (κ2) is 5.02. The maximum atomic E-state index is 10.7. The predicted octanol–water partition coefficient (Wildman–Crippen LogP) is 4.00. The highest BCUT2D eigenvalue weighted by atomic mass is 35.5. The van der Waals surface area contributed by atoms with Crippen molar-refractivity contribution in [3.8, 4) is 0 Å². The summed E-state index contributed by atoms with van der Waals surface area (Å²) in [5.74, 6) is 0.186. The molecule has 2 rings (SSSR count). The Hall–Kier alpha value is -1.48. The molecule has 1 atom stereocenters. The molecular weight excluding hydrogens is 250 g/mol. The van der Waals surface area contributed by atoms with Crippen LogP contribution < -0.4 is 0 Å². The van der Waals surface area contributed by atoms with Crippen molar-refractivity contribution in [1.29, 1.82) is 0 Å². The van der Waals surface area contributed by atoms with E-state index >= 15 is 0 Å². The lowest BCUT2D eigenvalue weighted by Gasteiger charge is -2.21. The molecule has 3 nitrogen and oxygen atoms in total. The van der Waals surface area contributed by atoms with Crippen LogP contribution >= 0.6 is 11.6 Å². The number of aromatic nitrogens is 1. The van der Waals surface area contributed by atoms with Crippen molar-refractivity contribution < 1.29 is 9.53 Å². The number of benzene rings is 1. The first-order chi connectivity index (χ1) is 8.54. The summed E-state index contributed by atoms with van der Waals surface area (Å²) in [5.41, 5.74) is 3.05. The number of halogens is 1. The molecule has 4 heteroatoms. The van der Waals surface area contributed by atoms with E-state index in [-0.39, 0.29) is 12.0 Å². The summed E-state index contributed by atoms with van der Waals surface area (Å²) in [7, 11) is 0. The van der Waals surface area contributed by atoms with Crippen LogP contribution in [-0.2, 0) is 9.53 Å². The number of nitrogens with one attached hydrogen (secondary N) is 1. The third-order valence-corrected chi connectivity index (χ3v) is 3.30. The summed E-state index contributed by atoms with van der Waals surface area (Å²) >= 11 is 6.12. The van der Waals surface area contributed by atoms with Gasteiger partial charge in [-0.3, -0.25) is 4.79 Å². The van der Waals surface area contributed by atoms with Crippen LogP contribution in [0, 0.1) is 12.8 Å². The first kappa shape index (κ1) is 13.0. The van der Waals surface area contributed by atoms with Crippen molar-refractivity contribution >= 4 is 29.0 Å². The third-order valence-electron chi connectivity index (χ3n) is 3.09. The van der Waals surface area contributed by atoms with Gasteiger partial charge in [-0.2, -0.15) is 0 Å². The topological polar surface area (TPSA) is 42.1 Å². The van der Waals surface area contributed by atoms with Gasteiger partial charge in [0.1, 0.15) is 6.10 Å². The molecular formula is C14H16ClNO2. The van der Waals surface area contributed by atoms with Gasteiger partial charge in [-0.15, -0.1) is 0 Å². The van der Waals surface area contributed by atoms with Gasteiger partial charge in [0.25, 0.3) is 6.47 Å². The summed E-state index contributed by atoms with van der Waals surface area (Å²) < 4.78 is 5.22. The zero-order valence-electron chi connectivity index (χ0n) is 10.7. The number of carbonyl (C=O) groups is 1. The molecule has 0 aliphatic carbocycles. The molecule has 18 heavy (non-hydrogen) atoms. The van der Waals surface area contributed by atoms with Crippen LogP contribution in [0.4, 0.5) is 0 Å². The van der Waals surface area contributed by atoms with Crippen LogP contribution in [-0.4, -0.2) is 11.5 Å². The molecule has 0 aliphatic rings. The number of hydrogen-bond acceptors (Lipinski definition) is 2. The van der Waals surface area contributed by atoms with Crippen LogP contribution in [0.1, 0.15) is 31.1 Å². The number of ether oxygens (including phenoxy) is 1. The van der Waals surface area contributed by atoms with E-state index < -0.39 is 0 Å². The number of aromatic amines is 1. The van der Waals surface area contributed by atoms with E-state index in [1.807, 2.05) is 39.1 Å². The van der Waals surface area contributed by atoms with E-state index in [9.17, 15) is 4.79 Å². The third kappa shape index (κ3) is 2.23. The Labute approximate surface area is 111 Å². The lowest BCUT2D eigenvalue weighted by atomic mass is 9.94. The number of rotatable bonds is 4. The van der Waals surface area contributed by atoms with Crippen LogP contribution in [0.25, 0.3) is 10.9 Å². The monoisotopic (exact) mass is 265 g/mol. The number of hydrogen-bond donors (Lipinski definition) is 1. The number of fused-ring (bicyclic) bond motifs is 1.